The van der Waals surface area contributed by atoms with Crippen LogP contribution in [0.3, 0.4) is 0 Å². The van der Waals surface area contributed by atoms with Crippen molar-refractivity contribution in [2.75, 3.05) is 13.1 Å². The number of imidazole rings is 1. The van der Waals surface area contributed by atoms with E-state index >= 15 is 0 Å². The third-order valence-electron chi connectivity index (χ3n) is 5.22. The van der Waals surface area contributed by atoms with E-state index in [1.165, 1.54) is 29.3 Å². The highest BCUT2D eigenvalue weighted by molar-refractivity contribution is 5.72. The monoisotopic (exact) mass is 398 g/mol. The summed E-state index contributed by atoms with van der Waals surface area (Å²) in [5.41, 5.74) is 7.82. The van der Waals surface area contributed by atoms with E-state index in [1.54, 1.807) is 0 Å². The van der Waals surface area contributed by atoms with Gasteiger partial charge in [-0.1, -0.05) is 54.6 Å². The topological polar surface area (TPSA) is 58.4 Å². The summed E-state index contributed by atoms with van der Waals surface area (Å²) >= 11 is 0. The number of pyridine rings is 1. The maximum atomic E-state index is 10.9. The largest absolute Gasteiger partial charge is 0.355 e. The molecule has 2 heterocycles. The normalized spacial score (nSPS) is 11.0. The Balaban J connectivity index is 1.49. The van der Waals surface area contributed by atoms with Crippen LogP contribution in [0.1, 0.15) is 18.2 Å². The van der Waals surface area contributed by atoms with E-state index in [4.69, 9.17) is 4.98 Å². The van der Waals surface area contributed by atoms with Crippen LogP contribution in [0.4, 0.5) is 0 Å². The molecule has 2 N–H and O–H groups in total. The molecule has 0 spiro atoms. The quantitative estimate of drug-likeness (QED) is 0.459. The first-order valence-corrected chi connectivity index (χ1v) is 10.2. The highest BCUT2D eigenvalue weighted by atomic mass is 16.1. The zero-order valence-electron chi connectivity index (χ0n) is 17.4. The average Bonchev–Trinajstić information content (AvgIpc) is 3.20. The molecule has 0 atom stereocenters. The maximum absolute atomic E-state index is 10.9. The Morgan fingerprint density at radius 1 is 0.933 bits per heavy atom. The highest BCUT2D eigenvalue weighted by Crippen LogP contribution is 2.27. The van der Waals surface area contributed by atoms with Crippen LogP contribution in [0.5, 0.6) is 0 Å². The molecule has 152 valence electrons. The summed E-state index contributed by atoms with van der Waals surface area (Å²) in [5.74, 6) is -0.000247. The van der Waals surface area contributed by atoms with Crippen molar-refractivity contribution in [2.24, 2.45) is 0 Å². The number of rotatable bonds is 7. The molecule has 0 saturated heterocycles. The van der Waals surface area contributed by atoms with Crippen LogP contribution in [0.2, 0.25) is 0 Å². The lowest BCUT2D eigenvalue weighted by Gasteiger charge is -2.08. The van der Waals surface area contributed by atoms with Crippen molar-refractivity contribution in [3.63, 3.8) is 0 Å². The second-order valence-electron chi connectivity index (χ2n) is 7.41. The number of nitrogens with one attached hydrogen (secondary N) is 2. The van der Waals surface area contributed by atoms with Gasteiger partial charge in [0.15, 0.2) is 0 Å². The van der Waals surface area contributed by atoms with Gasteiger partial charge in [-0.05, 0) is 30.2 Å². The Morgan fingerprint density at radius 2 is 1.70 bits per heavy atom. The number of nitrogens with zero attached hydrogens (tertiary/aromatic N) is 2. The van der Waals surface area contributed by atoms with Gasteiger partial charge in [0.2, 0.25) is 5.91 Å². The molecule has 0 aliphatic heterocycles. The summed E-state index contributed by atoms with van der Waals surface area (Å²) < 4.78 is 2.16. The van der Waals surface area contributed by atoms with Crippen molar-refractivity contribution in [3.05, 3.63) is 84.2 Å². The summed E-state index contributed by atoms with van der Waals surface area (Å²) in [6, 6.07) is 23.1. The summed E-state index contributed by atoms with van der Waals surface area (Å²) in [4.78, 5) is 15.7. The number of aryl methyl sites for hydroxylation is 1. The molecule has 0 fully saturated rings. The second kappa shape index (κ2) is 8.93. The molecule has 2 aromatic heterocycles. The van der Waals surface area contributed by atoms with Gasteiger partial charge in [-0.15, -0.1) is 0 Å². The van der Waals surface area contributed by atoms with Crippen LogP contribution in [0, 0.1) is 6.92 Å². The molecular formula is C25H26N4O. The third-order valence-corrected chi connectivity index (χ3v) is 5.22. The summed E-state index contributed by atoms with van der Waals surface area (Å²) in [6.45, 7) is 5.82. The van der Waals surface area contributed by atoms with Gasteiger partial charge in [-0.3, -0.25) is 4.79 Å². The summed E-state index contributed by atoms with van der Waals surface area (Å²) in [6.07, 6.45) is 2.11. The predicted molar refractivity (Wildman–Crippen MR) is 121 cm³/mol. The number of hydrogen-bond donors (Lipinski definition) is 2. The van der Waals surface area contributed by atoms with Crippen LogP contribution in [0.15, 0.2) is 72.9 Å². The van der Waals surface area contributed by atoms with E-state index in [1.807, 2.05) is 6.07 Å². The Morgan fingerprint density at radius 3 is 2.43 bits per heavy atom. The van der Waals surface area contributed by atoms with Crippen molar-refractivity contribution < 1.29 is 4.79 Å². The fourth-order valence-corrected chi connectivity index (χ4v) is 3.60. The molecular weight excluding hydrogens is 372 g/mol. The standard InChI is InChI=1S/C25H26N4O/c1-18-23(21-6-4-3-5-7-21)12-13-25-28-24(17-29(18)25)22-10-8-20(9-11-22)16-26-14-15-27-19(2)30/h3-13,17,26H,14-16H2,1-2H3,(H,27,30). The van der Waals surface area contributed by atoms with Crippen molar-refractivity contribution in [3.8, 4) is 22.4 Å². The number of amides is 1. The Hall–Kier alpha value is -3.44. The molecule has 0 saturated carbocycles. The second-order valence-corrected chi connectivity index (χ2v) is 7.41. The van der Waals surface area contributed by atoms with E-state index < -0.39 is 0 Å². The number of benzene rings is 2. The fraction of sp³-hybridized carbons (Fsp3) is 0.200. The van der Waals surface area contributed by atoms with E-state index in [0.29, 0.717) is 6.54 Å². The van der Waals surface area contributed by atoms with Crippen LogP contribution in [-0.4, -0.2) is 28.4 Å². The van der Waals surface area contributed by atoms with Gasteiger partial charge >= 0.3 is 0 Å². The predicted octanol–water partition coefficient (Wildman–Crippen LogP) is 4.20. The van der Waals surface area contributed by atoms with Crippen LogP contribution in [0.25, 0.3) is 28.0 Å². The number of fused-ring (bicyclic) bond motifs is 1. The lowest BCUT2D eigenvalue weighted by Crippen LogP contribution is -2.29. The number of aromatic nitrogens is 2. The Labute approximate surface area is 176 Å². The maximum Gasteiger partial charge on any atom is 0.216 e. The number of hydrogen-bond acceptors (Lipinski definition) is 3. The molecule has 1 amide bonds. The van der Waals surface area contributed by atoms with Gasteiger partial charge in [0, 0.05) is 49.6 Å². The highest BCUT2D eigenvalue weighted by Gasteiger charge is 2.10. The zero-order chi connectivity index (χ0) is 20.9. The molecule has 4 aromatic rings. The molecule has 0 aliphatic carbocycles. The summed E-state index contributed by atoms with van der Waals surface area (Å²) in [7, 11) is 0. The Kier molecular flexibility index (Phi) is 5.91. The molecule has 30 heavy (non-hydrogen) atoms. The molecule has 4 rings (SSSR count). The number of carbonyl (C=O) groups is 1. The molecule has 0 aliphatic rings. The van der Waals surface area contributed by atoms with Crippen molar-refractivity contribution in [1.82, 2.24) is 20.0 Å². The molecule has 0 unspecified atom stereocenters. The first kappa shape index (κ1) is 19.9. The smallest absolute Gasteiger partial charge is 0.216 e. The molecule has 0 bridgehead atoms. The van der Waals surface area contributed by atoms with Gasteiger partial charge in [0.25, 0.3) is 0 Å². The van der Waals surface area contributed by atoms with Crippen molar-refractivity contribution in [2.45, 2.75) is 20.4 Å². The molecule has 5 heteroatoms. The SMILES string of the molecule is CC(=O)NCCNCc1ccc(-c2cn3c(C)c(-c4ccccc4)ccc3n2)cc1. The lowest BCUT2D eigenvalue weighted by molar-refractivity contribution is -0.118. The van der Waals surface area contributed by atoms with Gasteiger partial charge < -0.3 is 15.0 Å². The first-order chi connectivity index (χ1) is 14.6. The molecule has 2 aromatic carbocycles. The van der Waals surface area contributed by atoms with Crippen molar-refractivity contribution in [1.29, 1.82) is 0 Å². The van der Waals surface area contributed by atoms with E-state index in [9.17, 15) is 4.79 Å². The van der Waals surface area contributed by atoms with Crippen LogP contribution < -0.4 is 10.6 Å². The Bertz CT molecular complexity index is 1150. The third kappa shape index (κ3) is 4.42. The lowest BCUT2D eigenvalue weighted by atomic mass is 10.0. The first-order valence-electron chi connectivity index (χ1n) is 10.2. The minimum atomic E-state index is -0.000247. The molecule has 0 radical (unpaired) electrons. The van der Waals surface area contributed by atoms with E-state index in [0.717, 1.165) is 30.0 Å². The van der Waals surface area contributed by atoms with Gasteiger partial charge in [0.1, 0.15) is 5.65 Å². The molecule has 5 nitrogen and oxygen atoms in total. The minimum absolute atomic E-state index is 0.000247. The number of carbonyl (C=O) groups excluding carboxylic acids is 1. The zero-order valence-corrected chi connectivity index (χ0v) is 17.4. The average molecular weight is 399 g/mol. The van der Waals surface area contributed by atoms with Crippen LogP contribution in [-0.2, 0) is 11.3 Å². The van der Waals surface area contributed by atoms with E-state index in [-0.39, 0.29) is 5.91 Å². The van der Waals surface area contributed by atoms with Gasteiger partial charge in [-0.2, -0.15) is 0 Å². The minimum Gasteiger partial charge on any atom is -0.355 e. The summed E-state index contributed by atoms with van der Waals surface area (Å²) in [5, 5.41) is 6.11. The van der Waals surface area contributed by atoms with Crippen molar-refractivity contribution >= 4 is 11.6 Å². The van der Waals surface area contributed by atoms with Gasteiger partial charge in [0.05, 0.1) is 5.69 Å². The van der Waals surface area contributed by atoms with Crippen LogP contribution >= 0.6 is 0 Å². The van der Waals surface area contributed by atoms with Gasteiger partial charge in [-0.25, -0.2) is 4.98 Å². The fourth-order valence-electron chi connectivity index (χ4n) is 3.60. The van der Waals surface area contributed by atoms with E-state index in [2.05, 4.69) is 88.8 Å².